The zero-order valence-electron chi connectivity index (χ0n) is 24.8. The first-order valence-electron chi connectivity index (χ1n) is 14.5. The predicted molar refractivity (Wildman–Crippen MR) is 169 cm³/mol. The summed E-state index contributed by atoms with van der Waals surface area (Å²) in [6, 6.07) is 19.6. The molecule has 3 heterocycles. The number of para-hydroxylation sites is 1. The summed E-state index contributed by atoms with van der Waals surface area (Å²) in [5, 5.41) is 3.34. The Morgan fingerprint density at radius 2 is 1.78 bits per heavy atom. The van der Waals surface area contributed by atoms with Gasteiger partial charge in [0.15, 0.2) is 11.6 Å². The number of amides is 1. The number of hydrogen-bond acceptors (Lipinski definition) is 6. The second-order valence-corrected chi connectivity index (χ2v) is 11.7. The smallest absolute Gasteiger partial charge is 0.392 e. The lowest BCUT2D eigenvalue weighted by Gasteiger charge is -2.24. The van der Waals surface area contributed by atoms with Crippen LogP contribution in [0.5, 0.6) is 11.5 Å². The lowest BCUT2D eigenvalue weighted by atomic mass is 9.94. The number of thiophene rings is 1. The highest BCUT2D eigenvalue weighted by Gasteiger charge is 2.41. The fourth-order valence-electron chi connectivity index (χ4n) is 4.81. The van der Waals surface area contributed by atoms with Gasteiger partial charge in [-0.15, -0.1) is 11.3 Å². The minimum Gasteiger partial charge on any atom is -0.453 e. The van der Waals surface area contributed by atoms with Crippen molar-refractivity contribution in [3.8, 4) is 22.1 Å². The molecule has 1 unspecified atom stereocenters. The molecule has 0 saturated carbocycles. The predicted octanol–water partition coefficient (Wildman–Crippen LogP) is 8.56. The lowest BCUT2D eigenvalue weighted by molar-refractivity contribution is -0.178. The third kappa shape index (κ3) is 8.03. The van der Waals surface area contributed by atoms with Gasteiger partial charge in [0, 0.05) is 44.2 Å². The Morgan fingerprint density at radius 1 is 1.00 bits per heavy atom. The Hall–Kier alpha value is -4.35. The minimum atomic E-state index is -4.65. The summed E-state index contributed by atoms with van der Waals surface area (Å²) in [5.74, 6) is -3.24. The molecule has 0 fully saturated rings. The summed E-state index contributed by atoms with van der Waals surface area (Å²) in [4.78, 5) is 23.7. The van der Waals surface area contributed by atoms with Crippen molar-refractivity contribution >= 4 is 33.1 Å². The van der Waals surface area contributed by atoms with Gasteiger partial charge in [0.1, 0.15) is 5.75 Å². The van der Waals surface area contributed by atoms with E-state index < -0.39 is 36.7 Å². The summed E-state index contributed by atoms with van der Waals surface area (Å²) in [5.41, 5.74) is 3.09. The lowest BCUT2D eigenvalue weighted by Crippen LogP contribution is -2.34. The Bertz CT molecular complexity index is 1740. The Morgan fingerprint density at radius 3 is 2.47 bits per heavy atom. The summed E-state index contributed by atoms with van der Waals surface area (Å²) < 4.78 is 63.7. The molecule has 1 N–H and O–H groups in total. The minimum absolute atomic E-state index is 0.107. The molecule has 45 heavy (non-hydrogen) atoms. The number of carbonyl (C=O) groups excluding carboxylic acids is 1. The van der Waals surface area contributed by atoms with Gasteiger partial charge in [0.25, 0.3) is 0 Å². The topological polar surface area (TPSA) is 67.4 Å². The number of benzene rings is 2. The number of pyridine rings is 2. The molecule has 2 aromatic carbocycles. The number of fused-ring (bicyclic) bond motifs is 1. The number of halogens is 4. The van der Waals surface area contributed by atoms with Gasteiger partial charge < -0.3 is 15.0 Å². The van der Waals surface area contributed by atoms with Crippen molar-refractivity contribution in [2.75, 3.05) is 18.5 Å². The van der Waals surface area contributed by atoms with Crippen LogP contribution in [0, 0.1) is 11.7 Å². The SMILES string of the molecule is CCCNCc1ccc(-c2cc3nccc(Oc4ccc(CC(CC(=O)N(C)c5ccccc5)C(F)(F)F)cc4F)c3s2)nc1. The van der Waals surface area contributed by atoms with Crippen molar-refractivity contribution in [3.05, 3.63) is 102 Å². The molecule has 11 heteroatoms. The molecule has 0 radical (unpaired) electrons. The van der Waals surface area contributed by atoms with Crippen molar-refractivity contribution < 1.29 is 27.1 Å². The number of ether oxygens (including phenoxy) is 1. The number of rotatable bonds is 12. The van der Waals surface area contributed by atoms with Crippen LogP contribution in [0.4, 0.5) is 23.2 Å². The van der Waals surface area contributed by atoms with Crippen molar-refractivity contribution in [2.45, 2.75) is 38.9 Å². The number of nitrogens with one attached hydrogen (secondary N) is 1. The second kappa shape index (κ2) is 14.2. The van der Waals surface area contributed by atoms with Crippen molar-refractivity contribution in [1.29, 1.82) is 0 Å². The van der Waals surface area contributed by atoms with Gasteiger partial charge >= 0.3 is 6.18 Å². The standard InChI is InChI=1S/C34H32F4N4O2S/c1-3-14-39-20-23-9-11-27(41-21-23)31-19-28-33(45-31)30(13-15-40-28)44-29-12-10-22(17-26(29)35)16-24(34(36,37)38)18-32(43)42(2)25-7-5-4-6-8-25/h4-13,15,17,19,21,24,39H,3,14,16,18,20H2,1-2H3. The van der Waals surface area contributed by atoms with E-state index in [1.807, 2.05) is 24.4 Å². The average Bonchev–Trinajstić information content (AvgIpc) is 3.47. The first-order chi connectivity index (χ1) is 21.6. The highest BCUT2D eigenvalue weighted by atomic mass is 32.1. The van der Waals surface area contributed by atoms with Crippen LogP contribution in [0.15, 0.2) is 85.2 Å². The maximum absolute atomic E-state index is 15.2. The van der Waals surface area contributed by atoms with E-state index in [1.54, 1.807) is 42.6 Å². The monoisotopic (exact) mass is 636 g/mol. The van der Waals surface area contributed by atoms with Gasteiger partial charge in [0.05, 0.1) is 26.7 Å². The zero-order chi connectivity index (χ0) is 32.0. The Balaban J connectivity index is 1.30. The summed E-state index contributed by atoms with van der Waals surface area (Å²) >= 11 is 1.40. The second-order valence-electron chi connectivity index (χ2n) is 10.7. The highest BCUT2D eigenvalue weighted by Crippen LogP contribution is 2.40. The van der Waals surface area contributed by atoms with Gasteiger partial charge in [0.2, 0.25) is 5.91 Å². The molecule has 234 valence electrons. The van der Waals surface area contributed by atoms with Crippen LogP contribution in [0.3, 0.4) is 0 Å². The van der Waals surface area contributed by atoms with Gasteiger partial charge in [-0.1, -0.05) is 37.3 Å². The molecular weight excluding hydrogens is 604 g/mol. The molecule has 0 saturated heterocycles. The fraction of sp³-hybridized carbons (Fsp3) is 0.265. The largest absolute Gasteiger partial charge is 0.453 e. The first kappa shape index (κ1) is 32.1. The fourth-order valence-corrected chi connectivity index (χ4v) is 5.85. The van der Waals surface area contributed by atoms with Crippen LogP contribution in [-0.4, -0.2) is 35.6 Å². The van der Waals surface area contributed by atoms with Crippen LogP contribution in [0.2, 0.25) is 0 Å². The number of hydrogen-bond donors (Lipinski definition) is 1. The van der Waals surface area contributed by atoms with Crippen LogP contribution in [0.25, 0.3) is 20.8 Å². The molecule has 0 aliphatic carbocycles. The average molecular weight is 637 g/mol. The summed E-state index contributed by atoms with van der Waals surface area (Å²) in [6.45, 7) is 3.77. The van der Waals surface area contributed by atoms with E-state index >= 15 is 4.39 Å². The zero-order valence-corrected chi connectivity index (χ0v) is 25.6. The Kier molecular flexibility index (Phi) is 10.1. The van der Waals surface area contributed by atoms with Crippen LogP contribution >= 0.6 is 11.3 Å². The number of carbonyl (C=O) groups is 1. The van der Waals surface area contributed by atoms with E-state index in [4.69, 9.17) is 4.74 Å². The number of nitrogens with zero attached hydrogens (tertiary/aromatic N) is 3. The van der Waals surface area contributed by atoms with Crippen molar-refractivity contribution in [2.24, 2.45) is 5.92 Å². The van der Waals surface area contributed by atoms with E-state index in [-0.39, 0.29) is 11.3 Å². The number of alkyl halides is 3. The van der Waals surface area contributed by atoms with Crippen molar-refractivity contribution in [1.82, 2.24) is 15.3 Å². The quantitative estimate of drug-likeness (QED) is 0.110. The molecule has 1 atom stereocenters. The van der Waals surface area contributed by atoms with E-state index in [2.05, 4.69) is 22.2 Å². The third-order valence-corrected chi connectivity index (χ3v) is 8.47. The molecule has 1 amide bonds. The molecule has 0 aliphatic rings. The molecule has 0 aliphatic heterocycles. The van der Waals surface area contributed by atoms with Gasteiger partial charge in [-0.05, 0) is 66.9 Å². The van der Waals surface area contributed by atoms with Gasteiger partial charge in [-0.2, -0.15) is 13.2 Å². The maximum Gasteiger partial charge on any atom is 0.392 e. The molecule has 0 spiro atoms. The van der Waals surface area contributed by atoms with Gasteiger partial charge in [-0.3, -0.25) is 14.8 Å². The normalized spacial score (nSPS) is 12.3. The Labute approximate surface area is 262 Å². The number of anilines is 1. The number of aromatic nitrogens is 2. The highest BCUT2D eigenvalue weighted by molar-refractivity contribution is 7.22. The van der Waals surface area contributed by atoms with E-state index in [1.165, 1.54) is 35.4 Å². The van der Waals surface area contributed by atoms with Crippen LogP contribution < -0.4 is 15.0 Å². The van der Waals surface area contributed by atoms with Crippen molar-refractivity contribution in [3.63, 3.8) is 0 Å². The molecule has 0 bridgehead atoms. The van der Waals surface area contributed by atoms with Crippen LogP contribution in [-0.2, 0) is 17.8 Å². The summed E-state index contributed by atoms with van der Waals surface area (Å²) in [7, 11) is 1.43. The maximum atomic E-state index is 15.2. The molecule has 6 nitrogen and oxygen atoms in total. The van der Waals surface area contributed by atoms with Crippen LogP contribution in [0.1, 0.15) is 30.9 Å². The molecule has 5 aromatic rings. The third-order valence-electron chi connectivity index (χ3n) is 7.31. The van der Waals surface area contributed by atoms with E-state index in [0.717, 1.165) is 41.7 Å². The first-order valence-corrected chi connectivity index (χ1v) is 15.3. The molecule has 3 aromatic heterocycles. The molecule has 5 rings (SSSR count). The van der Waals surface area contributed by atoms with Gasteiger partial charge in [-0.25, -0.2) is 4.39 Å². The van der Waals surface area contributed by atoms with E-state index in [0.29, 0.717) is 21.7 Å². The molecular formula is C34H32F4N4O2S. The summed E-state index contributed by atoms with van der Waals surface area (Å²) in [6.07, 6.45) is -1.55. The van der Waals surface area contributed by atoms with E-state index in [9.17, 15) is 18.0 Å².